The number of nitrogens with zero attached hydrogens (tertiary/aromatic N) is 1. The van der Waals surface area contributed by atoms with Gasteiger partial charge in [-0.15, -0.1) is 0 Å². The number of rotatable bonds is 2. The molecule has 1 aliphatic rings. The number of aromatic carboxylic acids is 1. The maximum atomic E-state index is 10.9. The first-order chi connectivity index (χ1) is 9.08. The quantitative estimate of drug-likeness (QED) is 0.886. The highest BCUT2D eigenvalue weighted by atomic mass is 79.9. The zero-order chi connectivity index (χ0) is 13.6. The van der Waals surface area contributed by atoms with Gasteiger partial charge in [0.15, 0.2) is 11.5 Å². The topological polar surface area (TPSA) is 84.4 Å². The zero-order valence-electron chi connectivity index (χ0n) is 9.86. The predicted molar refractivity (Wildman–Crippen MR) is 69.5 cm³/mol. The zero-order valence-corrected chi connectivity index (χ0v) is 11.4. The summed E-state index contributed by atoms with van der Waals surface area (Å²) in [5.41, 5.74) is 2.22. The summed E-state index contributed by atoms with van der Waals surface area (Å²) < 4.78 is 11.5. The standard InChI is InChI=1S/C12H9BrN2O4/c1-5-10(13)6(2-9-11(5)19-4-18-9)7-3-8(12(16)17)15-14-7/h2-3H,4H2,1H3,(H,14,15)(H,16,17). The van der Waals surface area contributed by atoms with Crippen molar-refractivity contribution in [3.63, 3.8) is 0 Å². The number of ether oxygens (including phenoxy) is 2. The lowest BCUT2D eigenvalue weighted by atomic mass is 10.1. The number of nitrogens with one attached hydrogen (secondary N) is 1. The number of halogens is 1. The minimum atomic E-state index is -1.05. The Balaban J connectivity index is 2.14. The van der Waals surface area contributed by atoms with Gasteiger partial charge in [0, 0.05) is 15.6 Å². The second-order valence-corrected chi connectivity index (χ2v) is 4.86. The summed E-state index contributed by atoms with van der Waals surface area (Å²) in [6, 6.07) is 3.26. The highest BCUT2D eigenvalue weighted by Crippen LogP contribution is 2.44. The van der Waals surface area contributed by atoms with Crippen molar-refractivity contribution in [3.8, 4) is 22.8 Å². The minimum absolute atomic E-state index is 0.0391. The van der Waals surface area contributed by atoms with Crippen molar-refractivity contribution in [2.75, 3.05) is 6.79 Å². The number of fused-ring (bicyclic) bond motifs is 1. The van der Waals surface area contributed by atoms with Crippen LogP contribution in [0.5, 0.6) is 11.5 Å². The lowest BCUT2D eigenvalue weighted by Crippen LogP contribution is -1.95. The van der Waals surface area contributed by atoms with Gasteiger partial charge >= 0.3 is 5.97 Å². The summed E-state index contributed by atoms with van der Waals surface area (Å²) in [7, 11) is 0. The molecule has 0 amide bonds. The number of benzene rings is 1. The normalized spacial score (nSPS) is 12.7. The number of aromatic amines is 1. The van der Waals surface area contributed by atoms with Crippen molar-refractivity contribution in [3.05, 3.63) is 27.9 Å². The summed E-state index contributed by atoms with van der Waals surface area (Å²) in [4.78, 5) is 10.9. The third-order valence-electron chi connectivity index (χ3n) is 2.91. The molecule has 0 saturated carbocycles. The molecular formula is C12H9BrN2O4. The van der Waals surface area contributed by atoms with Crippen LogP contribution < -0.4 is 9.47 Å². The van der Waals surface area contributed by atoms with E-state index in [9.17, 15) is 4.79 Å². The first kappa shape index (κ1) is 12.0. The summed E-state index contributed by atoms with van der Waals surface area (Å²) in [5, 5.41) is 15.4. The number of carboxylic acid groups (broad SMARTS) is 1. The van der Waals surface area contributed by atoms with E-state index in [1.807, 2.05) is 6.92 Å². The van der Waals surface area contributed by atoms with E-state index in [0.717, 1.165) is 15.6 Å². The Morgan fingerprint density at radius 2 is 2.26 bits per heavy atom. The molecule has 1 aromatic heterocycles. The van der Waals surface area contributed by atoms with Gasteiger partial charge in [0.2, 0.25) is 6.79 Å². The van der Waals surface area contributed by atoms with Crippen LogP contribution in [0.3, 0.4) is 0 Å². The monoisotopic (exact) mass is 324 g/mol. The highest BCUT2D eigenvalue weighted by Gasteiger charge is 2.22. The molecule has 1 aromatic carbocycles. The average molecular weight is 325 g/mol. The number of carbonyl (C=O) groups is 1. The van der Waals surface area contributed by atoms with Gasteiger partial charge in [0.25, 0.3) is 0 Å². The first-order valence-electron chi connectivity index (χ1n) is 5.45. The molecule has 0 radical (unpaired) electrons. The molecule has 0 unspecified atom stereocenters. The van der Waals surface area contributed by atoms with Crippen LogP contribution in [0, 0.1) is 6.92 Å². The lowest BCUT2D eigenvalue weighted by Gasteiger charge is -2.08. The van der Waals surface area contributed by atoms with Gasteiger partial charge < -0.3 is 14.6 Å². The van der Waals surface area contributed by atoms with Crippen LogP contribution in [0.1, 0.15) is 16.1 Å². The van der Waals surface area contributed by atoms with Crippen LogP contribution in [0.15, 0.2) is 16.6 Å². The van der Waals surface area contributed by atoms with Crippen molar-refractivity contribution < 1.29 is 19.4 Å². The fourth-order valence-corrected chi connectivity index (χ4v) is 2.44. The Kier molecular flexibility index (Phi) is 2.70. The number of hydrogen-bond acceptors (Lipinski definition) is 4. The third-order valence-corrected chi connectivity index (χ3v) is 3.93. The predicted octanol–water partition coefficient (Wildman–Crippen LogP) is 2.57. The van der Waals surface area contributed by atoms with Gasteiger partial charge in [-0.2, -0.15) is 5.10 Å². The van der Waals surface area contributed by atoms with E-state index in [-0.39, 0.29) is 12.5 Å². The van der Waals surface area contributed by atoms with Crippen LogP contribution in [-0.2, 0) is 0 Å². The second-order valence-electron chi connectivity index (χ2n) is 4.07. The van der Waals surface area contributed by atoms with Crippen LogP contribution in [0.4, 0.5) is 0 Å². The van der Waals surface area contributed by atoms with E-state index in [4.69, 9.17) is 14.6 Å². The molecule has 3 rings (SSSR count). The van der Waals surface area contributed by atoms with E-state index in [1.54, 1.807) is 6.07 Å². The van der Waals surface area contributed by atoms with Crippen LogP contribution in [0.2, 0.25) is 0 Å². The number of aromatic nitrogens is 2. The molecule has 0 bridgehead atoms. The molecule has 0 fully saturated rings. The SMILES string of the molecule is Cc1c(Br)c(-c2cc(C(=O)O)[nH]n2)cc2c1OCO2. The molecule has 0 saturated heterocycles. The molecule has 0 aliphatic carbocycles. The third kappa shape index (κ3) is 1.86. The Labute approximate surface area is 116 Å². The maximum absolute atomic E-state index is 10.9. The van der Waals surface area contributed by atoms with Gasteiger partial charge in [-0.3, -0.25) is 5.10 Å². The Morgan fingerprint density at radius 3 is 2.95 bits per heavy atom. The van der Waals surface area contributed by atoms with E-state index in [2.05, 4.69) is 26.1 Å². The molecule has 98 valence electrons. The van der Waals surface area contributed by atoms with Gasteiger partial charge in [0.05, 0.1) is 5.69 Å². The number of H-pyrrole nitrogens is 1. The van der Waals surface area contributed by atoms with Crippen molar-refractivity contribution in [2.24, 2.45) is 0 Å². The first-order valence-corrected chi connectivity index (χ1v) is 6.25. The highest BCUT2D eigenvalue weighted by molar-refractivity contribution is 9.10. The number of hydrogen-bond donors (Lipinski definition) is 2. The lowest BCUT2D eigenvalue weighted by molar-refractivity contribution is 0.0690. The van der Waals surface area contributed by atoms with E-state index in [0.29, 0.717) is 17.2 Å². The molecule has 19 heavy (non-hydrogen) atoms. The molecule has 2 aromatic rings. The fourth-order valence-electron chi connectivity index (χ4n) is 1.94. The van der Waals surface area contributed by atoms with Crippen molar-refractivity contribution in [2.45, 2.75) is 6.92 Å². The van der Waals surface area contributed by atoms with E-state index >= 15 is 0 Å². The summed E-state index contributed by atoms with van der Waals surface area (Å²) >= 11 is 3.48. The van der Waals surface area contributed by atoms with Crippen molar-refractivity contribution >= 4 is 21.9 Å². The summed E-state index contributed by atoms with van der Waals surface area (Å²) in [5.74, 6) is 0.285. The van der Waals surface area contributed by atoms with E-state index < -0.39 is 5.97 Å². The van der Waals surface area contributed by atoms with Gasteiger partial charge in [-0.1, -0.05) is 0 Å². The molecule has 2 heterocycles. The molecule has 0 spiro atoms. The molecule has 7 heteroatoms. The summed E-state index contributed by atoms with van der Waals surface area (Å²) in [6.45, 7) is 2.08. The van der Waals surface area contributed by atoms with Gasteiger partial charge in [0.1, 0.15) is 5.69 Å². The van der Waals surface area contributed by atoms with Crippen molar-refractivity contribution in [1.29, 1.82) is 0 Å². The maximum Gasteiger partial charge on any atom is 0.353 e. The Hall–Kier alpha value is -2.02. The molecule has 0 atom stereocenters. The van der Waals surface area contributed by atoms with Crippen LogP contribution in [-0.4, -0.2) is 28.1 Å². The fraction of sp³-hybridized carbons (Fsp3) is 0.167. The second kappa shape index (κ2) is 4.27. The van der Waals surface area contributed by atoms with Crippen molar-refractivity contribution in [1.82, 2.24) is 10.2 Å². The smallest absolute Gasteiger partial charge is 0.353 e. The average Bonchev–Trinajstić information content (AvgIpc) is 3.01. The summed E-state index contributed by atoms with van der Waals surface area (Å²) in [6.07, 6.45) is 0. The number of carboxylic acids is 1. The molecule has 6 nitrogen and oxygen atoms in total. The molecular weight excluding hydrogens is 316 g/mol. The molecule has 2 N–H and O–H groups in total. The molecule has 1 aliphatic heterocycles. The van der Waals surface area contributed by atoms with Crippen LogP contribution >= 0.6 is 15.9 Å². The Morgan fingerprint density at radius 1 is 1.47 bits per heavy atom. The minimum Gasteiger partial charge on any atom is -0.477 e. The van der Waals surface area contributed by atoms with Gasteiger partial charge in [-0.25, -0.2) is 4.79 Å². The Bertz CT molecular complexity index is 681. The van der Waals surface area contributed by atoms with Gasteiger partial charge in [-0.05, 0) is 35.0 Å². The largest absolute Gasteiger partial charge is 0.477 e. The van der Waals surface area contributed by atoms with E-state index in [1.165, 1.54) is 6.07 Å². The van der Waals surface area contributed by atoms with Crippen LogP contribution in [0.25, 0.3) is 11.3 Å².